The third-order valence-electron chi connectivity index (χ3n) is 3.60. The molecule has 0 radical (unpaired) electrons. The summed E-state index contributed by atoms with van der Waals surface area (Å²) in [5.41, 5.74) is 1.51. The molecule has 1 N–H and O–H groups in total. The van der Waals surface area contributed by atoms with Gasteiger partial charge in [0.05, 0.1) is 0 Å². The van der Waals surface area contributed by atoms with Crippen molar-refractivity contribution >= 4 is 21.4 Å². The summed E-state index contributed by atoms with van der Waals surface area (Å²) in [6.07, 6.45) is 1.19. The van der Waals surface area contributed by atoms with Gasteiger partial charge >= 0.3 is 0 Å². The fourth-order valence-corrected chi connectivity index (χ4v) is 3.24. The minimum atomic E-state index is 0.721. The predicted octanol–water partition coefficient (Wildman–Crippen LogP) is 3.94. The van der Waals surface area contributed by atoms with E-state index in [4.69, 9.17) is 0 Å². The van der Waals surface area contributed by atoms with Crippen molar-refractivity contribution < 1.29 is 0 Å². The molecular weight excluding hydrogens is 226 g/mol. The van der Waals surface area contributed by atoms with E-state index < -0.39 is 0 Å². The van der Waals surface area contributed by atoms with Crippen molar-refractivity contribution in [2.75, 3.05) is 13.6 Å². The number of thiophene rings is 1. The molecule has 0 spiro atoms. The van der Waals surface area contributed by atoms with Crippen LogP contribution in [0.1, 0.15) is 19.4 Å². The number of nitrogens with one attached hydrogen (secondary N) is 1. The van der Waals surface area contributed by atoms with Gasteiger partial charge in [-0.3, -0.25) is 0 Å². The molecule has 92 valence electrons. The van der Waals surface area contributed by atoms with Crippen LogP contribution in [0, 0.1) is 11.8 Å². The van der Waals surface area contributed by atoms with Gasteiger partial charge in [-0.25, -0.2) is 0 Å². The van der Waals surface area contributed by atoms with Crippen molar-refractivity contribution in [3.63, 3.8) is 0 Å². The molecule has 0 saturated heterocycles. The molecular formula is C15H21NS. The van der Waals surface area contributed by atoms with Gasteiger partial charge in [0.1, 0.15) is 0 Å². The van der Waals surface area contributed by atoms with Gasteiger partial charge in [-0.05, 0) is 54.2 Å². The number of hydrogen-bond donors (Lipinski definition) is 1. The molecule has 0 fully saturated rings. The van der Waals surface area contributed by atoms with Crippen molar-refractivity contribution in [2.24, 2.45) is 11.8 Å². The van der Waals surface area contributed by atoms with Crippen LogP contribution in [0.4, 0.5) is 0 Å². The predicted molar refractivity (Wildman–Crippen MR) is 77.8 cm³/mol. The van der Waals surface area contributed by atoms with E-state index in [-0.39, 0.29) is 0 Å². The molecule has 0 bridgehead atoms. The summed E-state index contributed by atoms with van der Waals surface area (Å²) in [5.74, 6) is 1.44. The highest BCUT2D eigenvalue weighted by Crippen LogP contribution is 2.28. The highest BCUT2D eigenvalue weighted by Gasteiger charge is 2.14. The summed E-state index contributed by atoms with van der Waals surface area (Å²) in [5, 5.41) is 7.04. The molecule has 2 atom stereocenters. The van der Waals surface area contributed by atoms with Gasteiger partial charge in [-0.1, -0.05) is 32.0 Å². The van der Waals surface area contributed by atoms with Gasteiger partial charge in [0.25, 0.3) is 0 Å². The van der Waals surface area contributed by atoms with Crippen LogP contribution in [0.2, 0.25) is 0 Å². The summed E-state index contributed by atoms with van der Waals surface area (Å²) < 4.78 is 1.41. The first-order valence-electron chi connectivity index (χ1n) is 6.32. The van der Waals surface area contributed by atoms with E-state index in [0.29, 0.717) is 0 Å². The Bertz CT molecular complexity index is 474. The van der Waals surface area contributed by atoms with E-state index in [1.165, 1.54) is 22.1 Å². The maximum Gasteiger partial charge on any atom is 0.0345 e. The van der Waals surface area contributed by atoms with Crippen LogP contribution in [0.25, 0.3) is 10.1 Å². The van der Waals surface area contributed by atoms with Crippen LogP contribution in [0.3, 0.4) is 0 Å². The van der Waals surface area contributed by atoms with E-state index in [0.717, 1.165) is 18.4 Å². The van der Waals surface area contributed by atoms with Crippen molar-refractivity contribution in [1.29, 1.82) is 0 Å². The molecule has 0 aliphatic heterocycles. The lowest BCUT2D eigenvalue weighted by Crippen LogP contribution is -2.23. The second-order valence-corrected chi connectivity index (χ2v) is 5.88. The van der Waals surface area contributed by atoms with E-state index in [2.05, 4.69) is 48.8 Å². The molecule has 0 aliphatic rings. The third kappa shape index (κ3) is 2.88. The molecule has 0 amide bonds. The number of fused-ring (bicyclic) bond motifs is 1. The highest BCUT2D eigenvalue weighted by molar-refractivity contribution is 7.17. The first kappa shape index (κ1) is 12.6. The molecule has 1 nitrogen and oxygen atoms in total. The molecule has 2 rings (SSSR count). The van der Waals surface area contributed by atoms with Gasteiger partial charge in [0.2, 0.25) is 0 Å². The Balaban J connectivity index is 2.13. The Morgan fingerprint density at radius 2 is 1.94 bits per heavy atom. The molecule has 2 heteroatoms. The van der Waals surface area contributed by atoms with E-state index >= 15 is 0 Å². The highest BCUT2D eigenvalue weighted by atomic mass is 32.1. The fourth-order valence-electron chi connectivity index (χ4n) is 2.26. The molecule has 2 unspecified atom stereocenters. The summed E-state index contributed by atoms with van der Waals surface area (Å²) in [7, 11) is 2.03. The Labute approximate surface area is 108 Å². The van der Waals surface area contributed by atoms with Crippen molar-refractivity contribution in [2.45, 2.75) is 20.3 Å². The lowest BCUT2D eigenvalue weighted by Gasteiger charge is -2.19. The molecule has 2 aromatic rings. The fraction of sp³-hybridized carbons (Fsp3) is 0.467. The first-order valence-corrected chi connectivity index (χ1v) is 7.20. The average molecular weight is 247 g/mol. The standard InChI is InChI=1S/C15H21NS/c1-11(12(2)9-16-3)8-13-10-17-15-7-5-4-6-14(13)15/h4-7,10-12,16H,8-9H2,1-3H3. The zero-order valence-electron chi connectivity index (χ0n) is 10.9. The smallest absolute Gasteiger partial charge is 0.0345 e. The van der Waals surface area contributed by atoms with Gasteiger partial charge in [0.15, 0.2) is 0 Å². The van der Waals surface area contributed by atoms with E-state index in [1.54, 1.807) is 0 Å². The lowest BCUT2D eigenvalue weighted by atomic mass is 9.89. The topological polar surface area (TPSA) is 12.0 Å². The summed E-state index contributed by atoms with van der Waals surface area (Å²) in [6.45, 7) is 5.79. The lowest BCUT2D eigenvalue weighted by molar-refractivity contribution is 0.375. The first-order chi connectivity index (χ1) is 8.22. The SMILES string of the molecule is CNCC(C)C(C)Cc1csc2ccccc12. The number of rotatable bonds is 5. The normalized spacial score (nSPS) is 15.0. The van der Waals surface area contributed by atoms with E-state index in [1.807, 2.05) is 18.4 Å². The zero-order valence-corrected chi connectivity index (χ0v) is 11.7. The Kier molecular flexibility index (Phi) is 4.19. The van der Waals surface area contributed by atoms with Crippen LogP contribution < -0.4 is 5.32 Å². The number of hydrogen-bond acceptors (Lipinski definition) is 2. The van der Waals surface area contributed by atoms with Gasteiger partial charge in [-0.2, -0.15) is 0 Å². The van der Waals surface area contributed by atoms with E-state index in [9.17, 15) is 0 Å². The maximum atomic E-state index is 3.27. The summed E-state index contributed by atoms with van der Waals surface area (Å²) in [4.78, 5) is 0. The second kappa shape index (κ2) is 5.65. The summed E-state index contributed by atoms with van der Waals surface area (Å²) in [6, 6.07) is 8.72. The van der Waals surface area contributed by atoms with Gasteiger partial charge in [0, 0.05) is 4.70 Å². The minimum absolute atomic E-state index is 0.721. The summed E-state index contributed by atoms with van der Waals surface area (Å²) >= 11 is 1.87. The largest absolute Gasteiger partial charge is 0.319 e. The molecule has 1 heterocycles. The molecule has 17 heavy (non-hydrogen) atoms. The third-order valence-corrected chi connectivity index (χ3v) is 4.61. The van der Waals surface area contributed by atoms with Gasteiger partial charge in [-0.15, -0.1) is 11.3 Å². The van der Waals surface area contributed by atoms with Crippen LogP contribution in [-0.4, -0.2) is 13.6 Å². The average Bonchev–Trinajstić information content (AvgIpc) is 2.73. The maximum absolute atomic E-state index is 3.27. The second-order valence-electron chi connectivity index (χ2n) is 4.97. The minimum Gasteiger partial charge on any atom is -0.319 e. The molecule has 1 aromatic heterocycles. The Hall–Kier alpha value is -0.860. The van der Waals surface area contributed by atoms with Crippen molar-refractivity contribution in [3.05, 3.63) is 35.2 Å². The van der Waals surface area contributed by atoms with Crippen LogP contribution in [0.15, 0.2) is 29.6 Å². The quantitative estimate of drug-likeness (QED) is 0.844. The van der Waals surface area contributed by atoms with Crippen molar-refractivity contribution in [1.82, 2.24) is 5.32 Å². The van der Waals surface area contributed by atoms with Crippen molar-refractivity contribution in [3.8, 4) is 0 Å². The van der Waals surface area contributed by atoms with Crippen LogP contribution in [-0.2, 0) is 6.42 Å². The zero-order chi connectivity index (χ0) is 12.3. The van der Waals surface area contributed by atoms with Crippen LogP contribution in [0.5, 0.6) is 0 Å². The monoisotopic (exact) mass is 247 g/mol. The molecule has 0 saturated carbocycles. The Morgan fingerprint density at radius 3 is 2.71 bits per heavy atom. The number of benzene rings is 1. The van der Waals surface area contributed by atoms with Crippen LogP contribution >= 0.6 is 11.3 Å². The van der Waals surface area contributed by atoms with Gasteiger partial charge < -0.3 is 5.32 Å². The molecule has 0 aliphatic carbocycles. The molecule has 1 aromatic carbocycles. The Morgan fingerprint density at radius 1 is 1.18 bits per heavy atom.